The molecule has 0 saturated carbocycles. The zero-order valence-corrected chi connectivity index (χ0v) is 15.6. The van der Waals surface area contributed by atoms with E-state index < -0.39 is 0 Å². The summed E-state index contributed by atoms with van der Waals surface area (Å²) in [5.74, 6) is 0.0975. The highest BCUT2D eigenvalue weighted by atomic mass is 79.9. The van der Waals surface area contributed by atoms with Crippen LogP contribution in [0.4, 0.5) is 5.69 Å². The molecule has 0 aliphatic carbocycles. The summed E-state index contributed by atoms with van der Waals surface area (Å²) in [6, 6.07) is 16.8. The number of fused-ring (bicyclic) bond motifs is 1. The first-order valence-electron chi connectivity index (χ1n) is 7.92. The maximum Gasteiger partial charge on any atom is 0.224 e. The molecular weight excluding hydrogens is 350 g/mol. The van der Waals surface area contributed by atoms with Gasteiger partial charge < -0.3 is 4.90 Å². The molecule has 120 valence electrons. The molecule has 3 rings (SSSR count). The molecule has 1 heterocycles. The van der Waals surface area contributed by atoms with Gasteiger partial charge in [0.25, 0.3) is 0 Å². The lowest BCUT2D eigenvalue weighted by molar-refractivity contribution is -0.117. The van der Waals surface area contributed by atoms with Crippen molar-refractivity contribution in [1.82, 2.24) is 0 Å². The second-order valence-electron chi connectivity index (χ2n) is 7.20. The van der Waals surface area contributed by atoms with E-state index >= 15 is 0 Å². The molecule has 1 atom stereocenters. The van der Waals surface area contributed by atoms with Crippen LogP contribution in [0.5, 0.6) is 0 Å². The van der Waals surface area contributed by atoms with Crippen molar-refractivity contribution in [2.45, 2.75) is 45.1 Å². The standard InChI is InChI=1S/C20H22BrNO/c1-14(23)22-18-8-6-5-7-17(18)20(4,13-19(22,2)3)15-9-11-16(21)12-10-15/h5-12H,13H2,1-4H3. The molecule has 2 aromatic rings. The van der Waals surface area contributed by atoms with E-state index in [0.29, 0.717) is 0 Å². The third-order valence-electron chi connectivity index (χ3n) is 4.93. The second kappa shape index (κ2) is 5.48. The van der Waals surface area contributed by atoms with Gasteiger partial charge in [0.15, 0.2) is 0 Å². The van der Waals surface area contributed by atoms with E-state index in [0.717, 1.165) is 16.6 Å². The highest BCUT2D eigenvalue weighted by Gasteiger charge is 2.46. The van der Waals surface area contributed by atoms with Gasteiger partial charge in [-0.3, -0.25) is 4.79 Å². The van der Waals surface area contributed by atoms with Gasteiger partial charge in [0.1, 0.15) is 0 Å². The summed E-state index contributed by atoms with van der Waals surface area (Å²) in [6.07, 6.45) is 0.887. The fourth-order valence-electron chi connectivity index (χ4n) is 4.17. The summed E-state index contributed by atoms with van der Waals surface area (Å²) in [4.78, 5) is 14.2. The summed E-state index contributed by atoms with van der Waals surface area (Å²) >= 11 is 3.52. The van der Waals surface area contributed by atoms with Crippen LogP contribution >= 0.6 is 15.9 Å². The average molecular weight is 372 g/mol. The molecule has 0 radical (unpaired) electrons. The predicted octanol–water partition coefficient (Wildman–Crippen LogP) is 5.29. The molecule has 23 heavy (non-hydrogen) atoms. The smallest absolute Gasteiger partial charge is 0.224 e. The van der Waals surface area contributed by atoms with E-state index in [4.69, 9.17) is 0 Å². The molecule has 2 aromatic carbocycles. The van der Waals surface area contributed by atoms with Gasteiger partial charge in [-0.05, 0) is 49.6 Å². The van der Waals surface area contributed by atoms with E-state index in [-0.39, 0.29) is 16.9 Å². The lowest BCUT2D eigenvalue weighted by Gasteiger charge is -2.51. The molecule has 0 aromatic heterocycles. The molecule has 1 amide bonds. The fraction of sp³-hybridized carbons (Fsp3) is 0.350. The van der Waals surface area contributed by atoms with Crippen LogP contribution in [-0.4, -0.2) is 11.4 Å². The van der Waals surface area contributed by atoms with E-state index in [1.165, 1.54) is 11.1 Å². The number of nitrogens with zero attached hydrogens (tertiary/aromatic N) is 1. The van der Waals surface area contributed by atoms with Gasteiger partial charge in [-0.2, -0.15) is 0 Å². The number of carbonyl (C=O) groups is 1. The van der Waals surface area contributed by atoms with E-state index in [2.05, 4.69) is 79.2 Å². The molecule has 2 nitrogen and oxygen atoms in total. The fourth-order valence-corrected chi connectivity index (χ4v) is 4.44. The Morgan fingerprint density at radius 1 is 1.04 bits per heavy atom. The van der Waals surface area contributed by atoms with E-state index in [1.807, 2.05) is 11.0 Å². The second-order valence-corrected chi connectivity index (χ2v) is 8.12. The summed E-state index contributed by atoms with van der Waals surface area (Å²) in [5, 5.41) is 0. The summed E-state index contributed by atoms with van der Waals surface area (Å²) in [5.41, 5.74) is 3.18. The van der Waals surface area contributed by atoms with Crippen LogP contribution in [0.25, 0.3) is 0 Å². The van der Waals surface area contributed by atoms with Gasteiger partial charge >= 0.3 is 0 Å². The number of para-hydroxylation sites is 1. The number of carbonyl (C=O) groups excluding carboxylic acids is 1. The predicted molar refractivity (Wildman–Crippen MR) is 98.9 cm³/mol. The first-order valence-corrected chi connectivity index (χ1v) is 8.71. The largest absolute Gasteiger partial charge is 0.307 e. The topological polar surface area (TPSA) is 20.3 Å². The van der Waals surface area contributed by atoms with Crippen molar-refractivity contribution in [3.05, 3.63) is 64.1 Å². The van der Waals surface area contributed by atoms with E-state index in [1.54, 1.807) is 6.92 Å². The van der Waals surface area contributed by atoms with Crippen molar-refractivity contribution >= 4 is 27.5 Å². The number of rotatable bonds is 1. The van der Waals surface area contributed by atoms with Crippen LogP contribution in [-0.2, 0) is 10.2 Å². The molecule has 1 aliphatic heterocycles. The van der Waals surface area contributed by atoms with Crippen LogP contribution in [0.15, 0.2) is 53.0 Å². The molecule has 0 N–H and O–H groups in total. The van der Waals surface area contributed by atoms with Crippen LogP contribution in [0.1, 0.15) is 45.2 Å². The summed E-state index contributed by atoms with van der Waals surface area (Å²) in [6.45, 7) is 8.25. The van der Waals surface area contributed by atoms with Crippen molar-refractivity contribution in [3.8, 4) is 0 Å². The number of benzene rings is 2. The quantitative estimate of drug-likeness (QED) is 0.666. The molecule has 0 bridgehead atoms. The number of hydrogen-bond donors (Lipinski definition) is 0. The molecule has 1 aliphatic rings. The highest BCUT2D eigenvalue weighted by molar-refractivity contribution is 9.10. The molecule has 0 saturated heterocycles. The van der Waals surface area contributed by atoms with Crippen molar-refractivity contribution < 1.29 is 4.79 Å². The minimum absolute atomic E-state index is 0.0975. The van der Waals surface area contributed by atoms with E-state index in [9.17, 15) is 4.79 Å². The van der Waals surface area contributed by atoms with Gasteiger partial charge in [-0.15, -0.1) is 0 Å². The first-order chi connectivity index (χ1) is 10.8. The Morgan fingerprint density at radius 2 is 1.65 bits per heavy atom. The number of anilines is 1. The molecular formula is C20H22BrNO. The number of halogens is 1. The van der Waals surface area contributed by atoms with Gasteiger partial charge in [-0.25, -0.2) is 0 Å². The van der Waals surface area contributed by atoms with Crippen molar-refractivity contribution in [2.75, 3.05) is 4.90 Å². The maximum absolute atomic E-state index is 12.3. The Bertz CT molecular complexity index is 750. The first kappa shape index (κ1) is 16.3. The molecule has 0 fully saturated rings. The normalized spacial score (nSPS) is 22.6. The maximum atomic E-state index is 12.3. The van der Waals surface area contributed by atoms with Crippen molar-refractivity contribution in [3.63, 3.8) is 0 Å². The monoisotopic (exact) mass is 371 g/mol. The Morgan fingerprint density at radius 3 is 2.26 bits per heavy atom. The Hall–Kier alpha value is -1.61. The molecule has 0 spiro atoms. The zero-order valence-electron chi connectivity index (χ0n) is 14.1. The highest BCUT2D eigenvalue weighted by Crippen LogP contribution is 2.50. The molecule has 1 unspecified atom stereocenters. The minimum Gasteiger partial charge on any atom is -0.307 e. The molecule has 3 heteroatoms. The van der Waals surface area contributed by atoms with Gasteiger partial charge in [0.05, 0.1) is 0 Å². The summed E-state index contributed by atoms with van der Waals surface area (Å²) in [7, 11) is 0. The third-order valence-corrected chi connectivity index (χ3v) is 5.46. The van der Waals surface area contributed by atoms with Crippen molar-refractivity contribution in [1.29, 1.82) is 0 Å². The van der Waals surface area contributed by atoms with Crippen LogP contribution in [0.3, 0.4) is 0 Å². The minimum atomic E-state index is -0.234. The Balaban J connectivity index is 2.25. The SMILES string of the molecule is CC(=O)N1c2ccccc2C(C)(c2ccc(Br)cc2)CC1(C)C. The lowest BCUT2D eigenvalue weighted by atomic mass is 9.65. The van der Waals surface area contributed by atoms with Crippen LogP contribution < -0.4 is 4.90 Å². The Labute approximate surface area is 146 Å². The van der Waals surface area contributed by atoms with Crippen molar-refractivity contribution in [2.24, 2.45) is 0 Å². The average Bonchev–Trinajstić information content (AvgIpc) is 2.46. The van der Waals surface area contributed by atoms with Crippen LogP contribution in [0.2, 0.25) is 0 Å². The zero-order chi connectivity index (χ0) is 16.8. The Kier molecular flexibility index (Phi) is 3.88. The van der Waals surface area contributed by atoms with Gasteiger partial charge in [0.2, 0.25) is 5.91 Å². The number of amides is 1. The number of hydrogen-bond acceptors (Lipinski definition) is 1. The van der Waals surface area contributed by atoms with Gasteiger partial charge in [-0.1, -0.05) is 53.2 Å². The van der Waals surface area contributed by atoms with Crippen LogP contribution in [0, 0.1) is 0 Å². The third kappa shape index (κ3) is 2.61. The lowest BCUT2D eigenvalue weighted by Crippen LogP contribution is -2.55. The van der Waals surface area contributed by atoms with Gasteiger partial charge in [0, 0.05) is 28.0 Å². The summed E-state index contributed by atoms with van der Waals surface area (Å²) < 4.78 is 1.08.